The first-order valence-corrected chi connectivity index (χ1v) is 8.25. The van der Waals surface area contributed by atoms with Gasteiger partial charge in [0.1, 0.15) is 5.82 Å². The van der Waals surface area contributed by atoms with E-state index in [1.807, 2.05) is 0 Å². The van der Waals surface area contributed by atoms with E-state index >= 15 is 0 Å². The van der Waals surface area contributed by atoms with Gasteiger partial charge in [-0.1, -0.05) is 6.07 Å². The van der Waals surface area contributed by atoms with E-state index in [0.29, 0.717) is 5.69 Å². The Hall–Kier alpha value is -2.26. The van der Waals surface area contributed by atoms with Crippen LogP contribution in [0.1, 0.15) is 22.1 Å². The van der Waals surface area contributed by atoms with E-state index in [4.69, 9.17) is 0 Å². The molecule has 0 radical (unpaired) electrons. The van der Waals surface area contributed by atoms with Crippen LogP contribution in [0.15, 0.2) is 35.2 Å². The molecule has 0 bridgehead atoms. The van der Waals surface area contributed by atoms with Crippen LogP contribution < -0.4 is 0 Å². The Morgan fingerprint density at radius 1 is 1.39 bits per heavy atom. The van der Waals surface area contributed by atoms with Crippen molar-refractivity contribution >= 4 is 16.0 Å². The molecule has 9 heteroatoms. The monoisotopic (exact) mass is 339 g/mol. The van der Waals surface area contributed by atoms with E-state index in [0.717, 1.165) is 6.07 Å². The first kappa shape index (κ1) is 15.6. The number of halogens is 1. The SMILES string of the molecule is COC(=O)c1cc(C2CN(S(=O)(=O)c3cccc(F)c3)C2)[nH]n1. The average molecular weight is 339 g/mol. The summed E-state index contributed by atoms with van der Waals surface area (Å²) in [5, 5.41) is 6.54. The number of aromatic amines is 1. The fourth-order valence-electron chi connectivity index (χ4n) is 2.36. The van der Waals surface area contributed by atoms with Crippen LogP contribution in [0, 0.1) is 5.82 Å². The number of esters is 1. The number of aromatic nitrogens is 2. The number of benzene rings is 1. The number of hydrogen-bond donors (Lipinski definition) is 1. The fourth-order valence-corrected chi connectivity index (χ4v) is 3.93. The number of nitrogens with zero attached hydrogens (tertiary/aromatic N) is 2. The molecule has 0 amide bonds. The van der Waals surface area contributed by atoms with Crippen LogP contribution in [0.4, 0.5) is 4.39 Å². The van der Waals surface area contributed by atoms with Crippen LogP contribution in [-0.2, 0) is 14.8 Å². The second-order valence-electron chi connectivity index (χ2n) is 5.18. The summed E-state index contributed by atoms with van der Waals surface area (Å²) in [4.78, 5) is 11.3. The summed E-state index contributed by atoms with van der Waals surface area (Å²) in [5.74, 6) is -1.25. The van der Waals surface area contributed by atoms with Crippen LogP contribution in [0.25, 0.3) is 0 Å². The van der Waals surface area contributed by atoms with Crippen LogP contribution >= 0.6 is 0 Å². The molecule has 0 unspecified atom stereocenters. The minimum atomic E-state index is -3.71. The Bertz CT molecular complexity index is 843. The van der Waals surface area contributed by atoms with Crippen molar-refractivity contribution in [1.29, 1.82) is 0 Å². The molecule has 0 aliphatic carbocycles. The molecule has 0 atom stereocenters. The zero-order valence-corrected chi connectivity index (χ0v) is 13.0. The van der Waals surface area contributed by atoms with E-state index < -0.39 is 21.8 Å². The Labute approximate surface area is 132 Å². The molecule has 1 aliphatic heterocycles. The van der Waals surface area contributed by atoms with Crippen LogP contribution in [0.5, 0.6) is 0 Å². The van der Waals surface area contributed by atoms with Gasteiger partial charge in [-0.15, -0.1) is 0 Å². The van der Waals surface area contributed by atoms with Crippen molar-refractivity contribution < 1.29 is 22.3 Å². The summed E-state index contributed by atoms with van der Waals surface area (Å²) < 4.78 is 43.7. The lowest BCUT2D eigenvalue weighted by Crippen LogP contribution is -2.48. The molecule has 1 aliphatic rings. The number of hydrogen-bond acceptors (Lipinski definition) is 5. The first-order chi connectivity index (χ1) is 10.9. The van der Waals surface area contributed by atoms with Crippen molar-refractivity contribution in [2.24, 2.45) is 0 Å². The van der Waals surface area contributed by atoms with Gasteiger partial charge < -0.3 is 4.74 Å². The molecule has 0 spiro atoms. The Morgan fingerprint density at radius 2 is 2.13 bits per heavy atom. The average Bonchev–Trinajstić information content (AvgIpc) is 2.94. The van der Waals surface area contributed by atoms with Gasteiger partial charge in [-0.05, 0) is 24.3 Å². The maximum Gasteiger partial charge on any atom is 0.358 e. The minimum Gasteiger partial charge on any atom is -0.464 e. The molecule has 2 heterocycles. The third kappa shape index (κ3) is 2.84. The van der Waals surface area contributed by atoms with Crippen molar-refractivity contribution in [2.45, 2.75) is 10.8 Å². The molecule has 1 fully saturated rings. The predicted octanol–water partition coefficient (Wildman–Crippen LogP) is 1.12. The second-order valence-corrected chi connectivity index (χ2v) is 7.11. The molecule has 1 saturated heterocycles. The lowest BCUT2D eigenvalue weighted by Gasteiger charge is -2.37. The zero-order chi connectivity index (χ0) is 16.6. The van der Waals surface area contributed by atoms with Crippen molar-refractivity contribution in [3.63, 3.8) is 0 Å². The number of carbonyl (C=O) groups is 1. The van der Waals surface area contributed by atoms with Gasteiger partial charge in [0.25, 0.3) is 0 Å². The van der Waals surface area contributed by atoms with Crippen molar-refractivity contribution in [3.8, 4) is 0 Å². The summed E-state index contributed by atoms with van der Waals surface area (Å²) >= 11 is 0. The van der Waals surface area contributed by atoms with E-state index in [1.54, 1.807) is 6.07 Å². The van der Waals surface area contributed by atoms with Gasteiger partial charge in [0, 0.05) is 24.7 Å². The quantitative estimate of drug-likeness (QED) is 0.843. The standard InChI is InChI=1S/C14H14FN3O4S/c1-22-14(19)13-6-12(16-17-13)9-7-18(8-9)23(20,21)11-4-2-3-10(15)5-11/h2-6,9H,7-8H2,1H3,(H,16,17). The van der Waals surface area contributed by atoms with Gasteiger partial charge >= 0.3 is 5.97 Å². The van der Waals surface area contributed by atoms with Crippen molar-refractivity contribution in [3.05, 3.63) is 47.5 Å². The lowest BCUT2D eigenvalue weighted by molar-refractivity contribution is 0.0594. The fraction of sp³-hybridized carbons (Fsp3) is 0.286. The molecule has 2 aromatic rings. The van der Waals surface area contributed by atoms with Gasteiger partial charge in [-0.25, -0.2) is 17.6 Å². The van der Waals surface area contributed by atoms with Gasteiger partial charge in [0.05, 0.1) is 12.0 Å². The number of sulfonamides is 1. The summed E-state index contributed by atoms with van der Waals surface area (Å²) in [6, 6.07) is 6.45. The van der Waals surface area contributed by atoms with Crippen LogP contribution in [0.3, 0.4) is 0 Å². The highest BCUT2D eigenvalue weighted by molar-refractivity contribution is 7.89. The van der Waals surface area contributed by atoms with Crippen molar-refractivity contribution in [2.75, 3.05) is 20.2 Å². The zero-order valence-electron chi connectivity index (χ0n) is 12.2. The van der Waals surface area contributed by atoms with Gasteiger partial charge in [0.2, 0.25) is 10.0 Å². The lowest BCUT2D eigenvalue weighted by atomic mass is 9.99. The van der Waals surface area contributed by atoms with Gasteiger partial charge in [-0.3, -0.25) is 5.10 Å². The molecular formula is C14H14FN3O4S. The Morgan fingerprint density at radius 3 is 2.78 bits per heavy atom. The summed E-state index contributed by atoms with van der Waals surface area (Å²) in [5.41, 5.74) is 0.810. The predicted molar refractivity (Wildman–Crippen MR) is 77.8 cm³/mol. The third-order valence-corrected chi connectivity index (χ3v) is 5.54. The summed E-state index contributed by atoms with van der Waals surface area (Å²) in [6.07, 6.45) is 0. The van der Waals surface area contributed by atoms with Crippen LogP contribution in [-0.4, -0.2) is 49.1 Å². The normalized spacial score (nSPS) is 16.1. The molecule has 7 nitrogen and oxygen atoms in total. The Balaban J connectivity index is 1.71. The maximum absolute atomic E-state index is 13.2. The third-order valence-electron chi connectivity index (χ3n) is 3.71. The smallest absolute Gasteiger partial charge is 0.358 e. The van der Waals surface area contributed by atoms with E-state index in [1.165, 1.54) is 29.6 Å². The number of methoxy groups -OCH3 is 1. The molecule has 23 heavy (non-hydrogen) atoms. The molecule has 1 aromatic heterocycles. The number of nitrogens with one attached hydrogen (secondary N) is 1. The Kier molecular flexibility index (Phi) is 3.90. The molecule has 1 aromatic carbocycles. The molecule has 0 saturated carbocycles. The second kappa shape index (κ2) is 5.74. The maximum atomic E-state index is 13.2. The molecule has 1 N–H and O–H groups in total. The number of rotatable bonds is 4. The number of ether oxygens (including phenoxy) is 1. The highest BCUT2D eigenvalue weighted by Crippen LogP contribution is 2.31. The van der Waals surface area contributed by atoms with E-state index in [-0.39, 0.29) is 29.6 Å². The topological polar surface area (TPSA) is 92.4 Å². The van der Waals surface area contributed by atoms with E-state index in [9.17, 15) is 17.6 Å². The van der Waals surface area contributed by atoms with Gasteiger partial charge in [-0.2, -0.15) is 9.40 Å². The molecular weight excluding hydrogens is 325 g/mol. The van der Waals surface area contributed by atoms with Crippen molar-refractivity contribution in [1.82, 2.24) is 14.5 Å². The molecule has 3 rings (SSSR count). The van der Waals surface area contributed by atoms with E-state index in [2.05, 4.69) is 14.9 Å². The highest BCUT2D eigenvalue weighted by Gasteiger charge is 2.38. The first-order valence-electron chi connectivity index (χ1n) is 6.81. The van der Waals surface area contributed by atoms with Crippen LogP contribution in [0.2, 0.25) is 0 Å². The highest BCUT2D eigenvalue weighted by atomic mass is 32.2. The number of H-pyrrole nitrogens is 1. The molecule has 122 valence electrons. The number of carbonyl (C=O) groups excluding carboxylic acids is 1. The minimum absolute atomic E-state index is 0.0733. The van der Waals surface area contributed by atoms with Gasteiger partial charge in [0.15, 0.2) is 5.69 Å². The summed E-state index contributed by atoms with van der Waals surface area (Å²) in [7, 11) is -2.46. The largest absolute Gasteiger partial charge is 0.464 e. The summed E-state index contributed by atoms with van der Waals surface area (Å²) in [6.45, 7) is 0.476.